The number of phenols is 1. The van der Waals surface area contributed by atoms with Crippen LogP contribution in [0.2, 0.25) is 0 Å². The maximum Gasteiger partial charge on any atom is 1.00 e. The molecular formula is C78H83Ac14ClNa2O34S4. The fourth-order valence-electron chi connectivity index (χ4n) is 11.7. The number of aliphatic hydroxyl groups is 17. The van der Waals surface area contributed by atoms with Crippen LogP contribution in [0.4, 0.5) is 0 Å². The topological polar surface area (TPSA) is 593 Å². The van der Waals surface area contributed by atoms with Gasteiger partial charge in [-0.2, -0.15) is 0 Å². The Morgan fingerprint density at radius 1 is 0.323 bits per heavy atom. The first-order valence-electron chi connectivity index (χ1n) is 34.3. The number of aromatic hydroxyl groups is 1. The fraction of sp³-hybridized carbons (Fsp3) is 0.333. The van der Waals surface area contributed by atoms with Crippen LogP contribution < -0.4 is 96.2 Å². The Hall–Kier alpha value is 13.3. The van der Waals surface area contributed by atoms with Crippen LogP contribution in [0, 0.1) is 617 Å². The molecule has 20 unspecified atom stereocenters. The molecule has 0 amide bonds. The molecule has 4 aliphatic heterocycles. The number of hydrogen-bond acceptors (Lipinski definition) is 38. The van der Waals surface area contributed by atoms with Crippen LogP contribution >= 0.6 is 56.9 Å². The Bertz CT molecular complexity index is 5090. The molecule has 0 aliphatic carbocycles. The minimum atomic E-state index is -1.57. The Labute approximate surface area is 1330 Å². The van der Waals surface area contributed by atoms with Crippen LogP contribution in [-0.2, 0) is 18.9 Å². The molecule has 14 radical (unpaired) electrons. The molecule has 12 heterocycles. The summed E-state index contributed by atoms with van der Waals surface area (Å²) in [4.78, 5) is 51.5. The predicted molar refractivity (Wildman–Crippen MR) is 424 cm³/mol. The van der Waals surface area contributed by atoms with E-state index in [0.29, 0.717) is 44.2 Å². The van der Waals surface area contributed by atoms with Crippen LogP contribution in [-0.4, -0.2) is 246 Å². The van der Waals surface area contributed by atoms with Gasteiger partial charge in [-0.3, -0.25) is 0 Å². The average Bonchev–Trinajstić information content (AvgIpc) is 1.73. The van der Waals surface area contributed by atoms with Gasteiger partial charge < -0.3 is 149 Å². The summed E-state index contributed by atoms with van der Waals surface area (Å²) in [6.45, 7) is -2.08. The molecule has 12 aromatic rings. The van der Waals surface area contributed by atoms with Crippen molar-refractivity contribution < 1.29 is 825 Å². The maximum atomic E-state index is 12.3. The van der Waals surface area contributed by atoms with Crippen molar-refractivity contribution in [2.75, 3.05) is 26.4 Å². The van der Waals surface area contributed by atoms with Gasteiger partial charge >= 0.3 is 81.6 Å². The largest absolute Gasteiger partial charge is 1.00 e. The number of ether oxygens (including phenoxy) is 6. The van der Waals surface area contributed by atoms with Crippen LogP contribution in [0.3, 0.4) is 0 Å². The van der Waals surface area contributed by atoms with Gasteiger partial charge in [-0.25, -0.2) is 19.2 Å². The molecule has 16 rings (SSSR count). The molecule has 0 bridgehead atoms. The fourth-order valence-corrected chi connectivity index (χ4v) is 14.9. The van der Waals surface area contributed by atoms with Crippen molar-refractivity contribution >= 4 is 101 Å². The smallest absolute Gasteiger partial charge is 0.872 e. The Morgan fingerprint density at radius 3 is 0.887 bits per heavy atom. The number of rotatable bonds is 12. The normalized spacial score (nSPS) is 23.4. The Kier molecular flexibility index (Phi) is 102. The van der Waals surface area contributed by atoms with Gasteiger partial charge in [-0.1, -0.05) is 62.9 Å². The van der Waals surface area contributed by atoms with Gasteiger partial charge in [0.25, 0.3) is 0 Å². The first-order chi connectivity index (χ1) is 54.6. The molecule has 0 spiro atoms. The van der Waals surface area contributed by atoms with E-state index in [9.17, 15) is 75.3 Å². The standard InChI is InChI=1S/2C19H18O8S.2C13H8O3S.C6H11ClO5.C6H12O6.2CH4.14Ac.2Na.H2O/c2*20-8-13-15(21)16(22)17(23)19(27-13)25-10-4-3-9-6-11(14-2-1-5-28-14)18(24)26-12(9)7-10;2*14-9-4-3-8-6-10(12-2-1-5-17-12)13(15)16-11(8)7-9;7-6-5(11)4(10)3(9)2(1-8)12-6;7-1-2-3(8)4(9)5(10)6(11)12-2;;;;;;;;;;;;;;;;;;;/h2*1-7,13,15-17,19-23H,8H2;2*1-7,14H;2-6,8-11H,1H2;2-11H,1H2;2*1H4;;;;;;;;;;;;;;;;;1H2/q;;;;;;;;;;;;;;;;;;;;;;2*+1;/p-2. The summed E-state index contributed by atoms with van der Waals surface area (Å²) in [5.74, 6) is 0.377. The molecule has 4 aliphatic rings. The predicted octanol–water partition coefficient (Wildman–Crippen LogP) is -2.87. The average molecular weight is 4950 g/mol. The van der Waals surface area contributed by atoms with E-state index in [-0.39, 0.29) is 736 Å². The molecule has 8 aromatic heterocycles. The van der Waals surface area contributed by atoms with E-state index in [1.807, 2.05) is 70.1 Å². The van der Waals surface area contributed by atoms with E-state index in [2.05, 4.69) is 4.74 Å². The number of benzene rings is 4. The zero-order chi connectivity index (χ0) is 81.9. The third-order valence-electron chi connectivity index (χ3n) is 17.9. The monoisotopic (exact) mass is 4950 g/mol. The summed E-state index contributed by atoms with van der Waals surface area (Å²) >= 11 is 11.3. The first-order valence-corrected chi connectivity index (χ1v) is 38.2. The van der Waals surface area contributed by atoms with Crippen molar-refractivity contribution in [2.45, 2.75) is 137 Å². The summed E-state index contributed by atoms with van der Waals surface area (Å²) in [5, 5.41) is 190. The van der Waals surface area contributed by atoms with E-state index in [4.69, 9.17) is 93.8 Å². The summed E-state index contributed by atoms with van der Waals surface area (Å²) in [6, 6.07) is 40.6. The molecule has 4 aromatic carbocycles. The molecule has 133 heavy (non-hydrogen) atoms. The number of fused-ring (bicyclic) bond motifs is 4. The van der Waals surface area contributed by atoms with Gasteiger partial charge in [-0.15, -0.1) is 51.1 Å². The quantitative estimate of drug-likeness (QED) is 0.0332. The van der Waals surface area contributed by atoms with Crippen LogP contribution in [0.15, 0.2) is 204 Å². The molecule has 55 heteroatoms. The van der Waals surface area contributed by atoms with Crippen LogP contribution in [0.25, 0.3) is 85.6 Å². The summed E-state index contributed by atoms with van der Waals surface area (Å²) in [7, 11) is 0. The van der Waals surface area contributed by atoms with Crippen molar-refractivity contribution in [3.05, 3.63) is 209 Å². The summed E-state index contributed by atoms with van der Waals surface area (Å²) in [6.07, 6.45) is -25.8. The second-order valence-corrected chi connectivity index (χ2v) is 29.8. The summed E-state index contributed by atoms with van der Waals surface area (Å²) in [5.41, 5.74) is 0.453. The second-order valence-electron chi connectivity index (χ2n) is 25.6. The van der Waals surface area contributed by atoms with Gasteiger partial charge in [0.1, 0.15) is 137 Å². The number of phenolic OH excluding ortho intramolecular Hbond substituents is 1. The van der Waals surface area contributed by atoms with Crippen molar-refractivity contribution in [2.24, 2.45) is 0 Å². The van der Waals surface area contributed by atoms with Gasteiger partial charge in [0.05, 0.1) is 48.7 Å². The molecule has 34 nitrogen and oxygen atoms in total. The van der Waals surface area contributed by atoms with Gasteiger partial charge in [-0.05, 0) is 113 Å². The first kappa shape index (κ1) is 164. The van der Waals surface area contributed by atoms with Crippen LogP contribution in [0.5, 0.6) is 23.0 Å². The summed E-state index contributed by atoms with van der Waals surface area (Å²) < 4.78 is 52.2. The Morgan fingerprint density at radius 2 is 0.586 bits per heavy atom. The minimum Gasteiger partial charge on any atom is -0.872 e. The van der Waals surface area contributed by atoms with Gasteiger partial charge in [0, 0.05) is 676 Å². The van der Waals surface area contributed by atoms with E-state index >= 15 is 0 Å². The molecule has 19 N–H and O–H groups in total. The zero-order valence-electron chi connectivity index (χ0n) is 69.3. The third kappa shape index (κ3) is 46.5. The number of halogens is 1. The number of aliphatic hydroxyl groups excluding tert-OH is 17. The molecule has 4 saturated heterocycles. The SMILES string of the molecule is C.C.O=c1oc2cc(O)ccc2cc1-c1cccs1.O=c1oc2cc(OC3OC(CO)C(O)C(O)C3O)ccc2cc1-c1cccs1.O=c1oc2cc(OC3OC(CO)C(O)C(O)C3O)ccc2cc1-c1cccs1.O=c1oc2cc([O-])ccc2cc1-c1cccs1.OCC1OC(Cl)C(O)C(O)C1O.OCC1OC(O)C(O)C(O)C1O.[Ac].[Ac].[Ac].[Ac].[Ac].[Ac].[Ac].[Ac].[Ac].[Ac].[Ac].[Ac].[Ac].[Ac].[Na+].[Na+].[OH-]. The van der Waals surface area contributed by atoms with Crippen LogP contribution in [0.1, 0.15) is 14.9 Å². The van der Waals surface area contributed by atoms with E-state index in [1.54, 1.807) is 66.7 Å². The van der Waals surface area contributed by atoms with E-state index in [1.165, 1.54) is 75.7 Å². The van der Waals surface area contributed by atoms with Crippen molar-refractivity contribution in [3.8, 4) is 64.8 Å². The molecule has 674 valence electrons. The molecule has 20 atom stereocenters. The molecule has 0 saturated carbocycles. The van der Waals surface area contributed by atoms with Gasteiger partial charge in [0.2, 0.25) is 12.6 Å². The maximum absolute atomic E-state index is 12.3. The number of thiophene rings is 4. The van der Waals surface area contributed by atoms with Crippen molar-refractivity contribution in [1.29, 1.82) is 0 Å². The second kappa shape index (κ2) is 82.7. The van der Waals surface area contributed by atoms with E-state index in [0.717, 1.165) is 30.3 Å². The number of alkyl halides is 1. The van der Waals surface area contributed by atoms with Crippen molar-refractivity contribution in [1.82, 2.24) is 0 Å². The molecular weight excluding hydrogens is 4870 g/mol. The molecule has 4 fully saturated rings. The number of hydrogen-bond donors (Lipinski definition) is 18. The Balaban J connectivity index is -0.000000198. The van der Waals surface area contributed by atoms with Gasteiger partial charge in [0.15, 0.2) is 11.9 Å². The zero-order valence-corrected chi connectivity index (χ0v) is 144. The van der Waals surface area contributed by atoms with Crippen molar-refractivity contribution in [3.63, 3.8) is 0 Å². The minimum absolute atomic E-state index is 0. The van der Waals surface area contributed by atoms with E-state index < -0.39 is 165 Å². The third-order valence-corrected chi connectivity index (χ3v) is 21.9.